The van der Waals surface area contributed by atoms with Gasteiger partial charge in [-0.15, -0.1) is 11.3 Å². The molecule has 2 aliphatic rings. The van der Waals surface area contributed by atoms with E-state index < -0.39 is 24.0 Å². The van der Waals surface area contributed by atoms with Gasteiger partial charge in [0.15, 0.2) is 0 Å². The predicted molar refractivity (Wildman–Crippen MR) is 116 cm³/mol. The Hall–Kier alpha value is -2.37. The van der Waals surface area contributed by atoms with Crippen molar-refractivity contribution in [1.82, 2.24) is 19.3 Å². The molecule has 5 heterocycles. The van der Waals surface area contributed by atoms with Crippen LogP contribution >= 0.6 is 11.3 Å². The molecule has 32 heavy (non-hydrogen) atoms. The molecule has 1 saturated heterocycles. The Kier molecular flexibility index (Phi) is 5.84. The Morgan fingerprint density at radius 1 is 1.31 bits per heavy atom. The van der Waals surface area contributed by atoms with E-state index >= 15 is 0 Å². The predicted octanol–water partition coefficient (Wildman–Crippen LogP) is 1.29. The number of amides is 1. The number of imidazole rings is 1. The number of carbonyl (C=O) groups is 3. The topological polar surface area (TPSA) is 125 Å². The quantitative estimate of drug-likeness (QED) is 0.333. The van der Waals surface area contributed by atoms with Crippen LogP contribution in [-0.4, -0.2) is 88.8 Å². The fourth-order valence-corrected chi connectivity index (χ4v) is 5.82. The number of pyridine rings is 1. The molecule has 3 aromatic rings. The van der Waals surface area contributed by atoms with Crippen molar-refractivity contribution in [3.05, 3.63) is 58.9 Å². The minimum Gasteiger partial charge on any atom is -0.477 e. The van der Waals surface area contributed by atoms with Gasteiger partial charge in [-0.3, -0.25) is 19.0 Å². The average Bonchev–Trinajstić information content (AvgIpc) is 3.37. The van der Waals surface area contributed by atoms with E-state index in [4.69, 9.17) is 0 Å². The molecule has 0 aromatic carbocycles. The number of aliphatic hydroxyl groups is 1. The summed E-state index contributed by atoms with van der Waals surface area (Å²) in [5.74, 6) is -2.75. The maximum Gasteiger partial charge on any atom is 0.352 e. The third-order valence-corrected chi connectivity index (χ3v) is 7.13. The summed E-state index contributed by atoms with van der Waals surface area (Å²) >= 11 is 1.26. The minimum absolute atomic E-state index is 0. The zero-order valence-electron chi connectivity index (χ0n) is 17.6. The second-order valence-corrected chi connectivity index (χ2v) is 8.82. The molecule has 0 bridgehead atoms. The van der Waals surface area contributed by atoms with Crippen molar-refractivity contribution in [3.8, 4) is 0 Å². The molecule has 0 unspecified atom stereocenters. The summed E-state index contributed by atoms with van der Waals surface area (Å²) in [7, 11) is 0. The number of ketones is 1. The van der Waals surface area contributed by atoms with Crippen molar-refractivity contribution < 1.29 is 24.6 Å². The molecule has 1 radical (unpaired) electrons. The number of aromatic nitrogens is 3. The van der Waals surface area contributed by atoms with Gasteiger partial charge in [0, 0.05) is 65.2 Å². The third kappa shape index (κ3) is 3.17. The number of carboxylic acids is 1. The summed E-state index contributed by atoms with van der Waals surface area (Å²) in [6, 6.07) is 2.93. The first-order chi connectivity index (χ1) is 14.8. The Labute approximate surface area is 208 Å². The van der Waals surface area contributed by atoms with Crippen molar-refractivity contribution in [1.29, 1.82) is 0 Å². The van der Waals surface area contributed by atoms with E-state index in [2.05, 4.69) is 9.97 Å². The first-order valence-electron chi connectivity index (χ1n) is 9.71. The van der Waals surface area contributed by atoms with Gasteiger partial charge in [0.05, 0.1) is 22.9 Å². The molecule has 2 aliphatic heterocycles. The Bertz CT molecular complexity index is 1280. The zero-order chi connectivity index (χ0) is 22.0. The van der Waals surface area contributed by atoms with Crippen LogP contribution in [0.3, 0.4) is 0 Å². The average molecular weight is 461 g/mol. The van der Waals surface area contributed by atoms with Crippen molar-refractivity contribution >= 4 is 69.0 Å². The zero-order valence-corrected chi connectivity index (χ0v) is 20.4. The first-order valence-corrected chi connectivity index (χ1v) is 10.5. The van der Waals surface area contributed by atoms with Crippen LogP contribution in [0.4, 0.5) is 0 Å². The number of rotatable bonds is 5. The molecule has 0 saturated carbocycles. The van der Waals surface area contributed by atoms with Crippen LogP contribution in [0.15, 0.2) is 42.7 Å². The Morgan fingerprint density at radius 2 is 2.06 bits per heavy atom. The Balaban J connectivity index is 0.00000245. The second kappa shape index (κ2) is 8.20. The van der Waals surface area contributed by atoms with Gasteiger partial charge in [-0.1, -0.05) is 6.92 Å². The molecule has 2 N–H and O–H groups in total. The molecule has 1 fully saturated rings. The van der Waals surface area contributed by atoms with Gasteiger partial charge in [-0.25, -0.2) is 9.78 Å². The van der Waals surface area contributed by atoms with Crippen LogP contribution in [0.2, 0.25) is 0 Å². The molecule has 0 aliphatic carbocycles. The van der Waals surface area contributed by atoms with Gasteiger partial charge >= 0.3 is 5.97 Å². The molecule has 4 atom stereocenters. The van der Waals surface area contributed by atoms with Crippen LogP contribution in [0, 0.1) is 11.8 Å². The van der Waals surface area contributed by atoms with Crippen molar-refractivity contribution in [2.24, 2.45) is 11.8 Å². The van der Waals surface area contributed by atoms with E-state index in [0.717, 1.165) is 0 Å². The number of nitrogens with zero attached hydrogens (tertiary/aromatic N) is 4. The SMILES string of the molecule is C[C@@H](O)[C@H]1C(=O)N2C(C(=O)O)=C(c3cn4cnc(C(=O)c5cccnc5)c4s3)[C@H](C)[C@H]12.[Na]. The van der Waals surface area contributed by atoms with Gasteiger partial charge in [0.1, 0.15) is 22.5 Å². The van der Waals surface area contributed by atoms with Crippen LogP contribution < -0.4 is 0 Å². The summed E-state index contributed by atoms with van der Waals surface area (Å²) < 4.78 is 1.69. The van der Waals surface area contributed by atoms with Crippen molar-refractivity contribution in [2.45, 2.75) is 26.0 Å². The normalized spacial score (nSPS) is 23.0. The number of β-lactam (4-membered cyclic amide) rings is 1. The van der Waals surface area contributed by atoms with E-state index in [9.17, 15) is 24.6 Å². The smallest absolute Gasteiger partial charge is 0.352 e. The summed E-state index contributed by atoms with van der Waals surface area (Å²) in [6.45, 7) is 3.40. The fourth-order valence-electron chi connectivity index (χ4n) is 4.61. The first kappa shape index (κ1) is 22.8. The number of carboxylic acid groups (broad SMARTS) is 1. The number of thiazole rings is 1. The van der Waals surface area contributed by atoms with Crippen molar-refractivity contribution in [2.75, 3.05) is 0 Å². The number of fused-ring (bicyclic) bond motifs is 2. The van der Waals surface area contributed by atoms with Gasteiger partial charge in [0.25, 0.3) is 0 Å². The summed E-state index contributed by atoms with van der Waals surface area (Å²) in [5.41, 5.74) is 1.14. The number of aliphatic hydroxyl groups excluding tert-OH is 1. The maximum atomic E-state index is 12.9. The van der Waals surface area contributed by atoms with E-state index in [0.29, 0.717) is 20.8 Å². The molecule has 11 heteroatoms. The standard InChI is InChI=1S/C21H18N4O5S.Na/c1-9-13(17(21(29)30)25-16(9)14(10(2)26)19(25)28)12-7-24-8-23-15(20(24)31-12)18(27)11-4-3-5-22-6-11;/h3-10,14,16,26H,1-2H3,(H,29,30);/t9-,10+,14+,16+;/m0./s1. The molecular weight excluding hydrogens is 443 g/mol. The molecule has 1 amide bonds. The number of carbonyl (C=O) groups excluding carboxylic acids is 2. The monoisotopic (exact) mass is 461 g/mol. The van der Waals surface area contributed by atoms with Gasteiger partial charge in [-0.2, -0.15) is 0 Å². The summed E-state index contributed by atoms with van der Waals surface area (Å²) in [6.07, 6.45) is 5.43. The fraction of sp³-hybridized carbons (Fsp3) is 0.286. The van der Waals surface area contributed by atoms with Gasteiger partial charge < -0.3 is 15.1 Å². The number of hydrogen-bond donors (Lipinski definition) is 2. The van der Waals surface area contributed by atoms with Crippen LogP contribution in [0.25, 0.3) is 10.4 Å². The van der Waals surface area contributed by atoms with E-state index in [-0.39, 0.29) is 58.6 Å². The molecule has 9 nitrogen and oxygen atoms in total. The van der Waals surface area contributed by atoms with E-state index in [1.165, 1.54) is 28.8 Å². The van der Waals surface area contributed by atoms with Crippen LogP contribution in [-0.2, 0) is 9.59 Å². The van der Waals surface area contributed by atoms with E-state index in [1.54, 1.807) is 35.9 Å². The molecule has 5 rings (SSSR count). The summed E-state index contributed by atoms with van der Waals surface area (Å²) in [4.78, 5) is 48.2. The molecule has 3 aromatic heterocycles. The van der Waals surface area contributed by atoms with Crippen LogP contribution in [0.1, 0.15) is 34.8 Å². The maximum absolute atomic E-state index is 12.9. The summed E-state index contributed by atoms with van der Waals surface area (Å²) in [5, 5.41) is 19.9. The largest absolute Gasteiger partial charge is 0.477 e. The second-order valence-electron chi connectivity index (χ2n) is 7.79. The Morgan fingerprint density at radius 3 is 2.69 bits per heavy atom. The van der Waals surface area contributed by atoms with Crippen molar-refractivity contribution in [3.63, 3.8) is 0 Å². The van der Waals surface area contributed by atoms with Gasteiger partial charge in [-0.05, 0) is 19.1 Å². The number of aliphatic carboxylic acids is 1. The third-order valence-electron chi connectivity index (χ3n) is 5.99. The molecular formula is C21H18N4NaO5S. The molecule has 159 valence electrons. The van der Waals surface area contributed by atoms with Crippen LogP contribution in [0.5, 0.6) is 0 Å². The van der Waals surface area contributed by atoms with E-state index in [1.807, 2.05) is 6.92 Å². The molecule has 0 spiro atoms. The minimum atomic E-state index is -1.19. The van der Waals surface area contributed by atoms with Gasteiger partial charge in [0.2, 0.25) is 11.7 Å². The number of hydrogen-bond acceptors (Lipinski definition) is 7.